The number of carbonyl (C=O) groups excluding carboxylic acids is 1. The van der Waals surface area contributed by atoms with Gasteiger partial charge in [0, 0.05) is 29.3 Å². The highest BCUT2D eigenvalue weighted by molar-refractivity contribution is 6.31. The Hall–Kier alpha value is -1.87. The quantitative estimate of drug-likeness (QED) is 0.919. The molecule has 0 aliphatic heterocycles. The number of nitrogens with zero attached hydrogens (tertiary/aromatic N) is 1. The molecule has 0 aliphatic rings. The minimum atomic E-state index is -0.370. The van der Waals surface area contributed by atoms with E-state index >= 15 is 0 Å². The highest BCUT2D eigenvalue weighted by atomic mass is 35.5. The summed E-state index contributed by atoms with van der Waals surface area (Å²) >= 11 is 6.17. The summed E-state index contributed by atoms with van der Waals surface area (Å²) < 4.78 is 0. The van der Waals surface area contributed by atoms with E-state index in [1.807, 2.05) is 36.4 Å². The van der Waals surface area contributed by atoms with Crippen LogP contribution in [-0.4, -0.2) is 10.9 Å². The summed E-state index contributed by atoms with van der Waals surface area (Å²) in [4.78, 5) is 15.5. The van der Waals surface area contributed by atoms with Crippen molar-refractivity contribution in [2.75, 3.05) is 0 Å². The fourth-order valence-corrected chi connectivity index (χ4v) is 2.18. The summed E-state index contributed by atoms with van der Waals surface area (Å²) in [5.41, 5.74) is 6.98. The van der Waals surface area contributed by atoms with Gasteiger partial charge in [0.1, 0.15) is 0 Å². The molecule has 0 saturated carbocycles. The zero-order valence-electron chi connectivity index (χ0n) is 9.71. The molecule has 0 aliphatic carbocycles. The fraction of sp³-hybridized carbons (Fsp3) is 0.143. The molecular formula is C14H13ClN2O. The summed E-state index contributed by atoms with van der Waals surface area (Å²) in [6.07, 6.45) is 1.89. The van der Waals surface area contributed by atoms with E-state index in [0.717, 1.165) is 11.3 Å². The Morgan fingerprint density at radius 2 is 1.94 bits per heavy atom. The van der Waals surface area contributed by atoms with Crippen molar-refractivity contribution in [1.82, 2.24) is 4.98 Å². The number of halogens is 1. The molecule has 1 amide bonds. The van der Waals surface area contributed by atoms with E-state index < -0.39 is 0 Å². The van der Waals surface area contributed by atoms with Gasteiger partial charge in [0.05, 0.1) is 0 Å². The molecule has 1 heterocycles. The van der Waals surface area contributed by atoms with Gasteiger partial charge in [-0.25, -0.2) is 0 Å². The van der Waals surface area contributed by atoms with Crippen molar-refractivity contribution in [3.63, 3.8) is 0 Å². The van der Waals surface area contributed by atoms with Crippen LogP contribution in [0.5, 0.6) is 0 Å². The molecule has 1 aromatic carbocycles. The number of hydrogen-bond acceptors (Lipinski definition) is 2. The van der Waals surface area contributed by atoms with Gasteiger partial charge in [0.25, 0.3) is 0 Å². The molecule has 0 saturated heterocycles. The van der Waals surface area contributed by atoms with E-state index in [9.17, 15) is 4.79 Å². The van der Waals surface area contributed by atoms with Crippen molar-refractivity contribution in [1.29, 1.82) is 0 Å². The Balaban J connectivity index is 2.44. The third kappa shape index (κ3) is 2.87. The molecule has 2 N–H and O–H groups in total. The monoisotopic (exact) mass is 260 g/mol. The summed E-state index contributed by atoms with van der Waals surface area (Å²) in [6.45, 7) is 0. The van der Waals surface area contributed by atoms with Crippen molar-refractivity contribution in [3.05, 3.63) is 64.9 Å². The average Bonchev–Trinajstić information content (AvgIpc) is 2.38. The summed E-state index contributed by atoms with van der Waals surface area (Å²) in [5.74, 6) is -0.567. The molecule has 1 atom stereocenters. The zero-order chi connectivity index (χ0) is 13.0. The predicted molar refractivity (Wildman–Crippen MR) is 71.3 cm³/mol. The van der Waals surface area contributed by atoms with Gasteiger partial charge in [-0.1, -0.05) is 35.9 Å². The van der Waals surface area contributed by atoms with Crippen molar-refractivity contribution in [3.8, 4) is 0 Å². The smallest absolute Gasteiger partial charge is 0.218 e. The van der Waals surface area contributed by atoms with Crippen LogP contribution in [-0.2, 0) is 4.79 Å². The van der Waals surface area contributed by atoms with E-state index in [-0.39, 0.29) is 18.2 Å². The lowest BCUT2D eigenvalue weighted by molar-refractivity contribution is -0.118. The largest absolute Gasteiger partial charge is 0.370 e. The van der Waals surface area contributed by atoms with Crippen molar-refractivity contribution < 1.29 is 4.79 Å². The van der Waals surface area contributed by atoms with Gasteiger partial charge in [0.2, 0.25) is 5.91 Å². The molecule has 0 bridgehead atoms. The topological polar surface area (TPSA) is 56.0 Å². The van der Waals surface area contributed by atoms with E-state index in [1.54, 1.807) is 12.3 Å². The maximum atomic E-state index is 11.2. The van der Waals surface area contributed by atoms with Crippen LogP contribution in [0.1, 0.15) is 23.6 Å². The first-order valence-electron chi connectivity index (χ1n) is 5.62. The van der Waals surface area contributed by atoms with Crippen LogP contribution in [0, 0.1) is 0 Å². The number of amides is 1. The molecule has 0 radical (unpaired) electrons. The van der Waals surface area contributed by atoms with Crippen LogP contribution < -0.4 is 5.73 Å². The molecule has 2 aromatic rings. The number of primary amides is 1. The number of nitrogens with two attached hydrogens (primary N) is 1. The van der Waals surface area contributed by atoms with Crippen molar-refractivity contribution >= 4 is 17.5 Å². The lowest BCUT2D eigenvalue weighted by Gasteiger charge is -2.16. The maximum Gasteiger partial charge on any atom is 0.218 e. The van der Waals surface area contributed by atoms with Crippen molar-refractivity contribution in [2.24, 2.45) is 5.73 Å². The number of carbonyl (C=O) groups is 1. The first-order valence-corrected chi connectivity index (χ1v) is 6.00. The molecule has 0 spiro atoms. The molecule has 2 rings (SSSR count). The lowest BCUT2D eigenvalue weighted by Crippen LogP contribution is -2.17. The highest BCUT2D eigenvalue weighted by Gasteiger charge is 2.20. The molecule has 1 aromatic heterocycles. The molecule has 18 heavy (non-hydrogen) atoms. The van der Waals surface area contributed by atoms with E-state index in [4.69, 9.17) is 17.3 Å². The second kappa shape index (κ2) is 5.65. The van der Waals surface area contributed by atoms with Gasteiger partial charge < -0.3 is 5.73 Å². The minimum absolute atomic E-state index is 0.195. The van der Waals surface area contributed by atoms with E-state index in [0.29, 0.717) is 5.02 Å². The van der Waals surface area contributed by atoms with E-state index in [2.05, 4.69) is 4.98 Å². The summed E-state index contributed by atoms with van der Waals surface area (Å²) in [5, 5.41) is 0.620. The summed E-state index contributed by atoms with van der Waals surface area (Å²) in [6, 6.07) is 13.0. The molecule has 3 nitrogen and oxygen atoms in total. The normalized spacial score (nSPS) is 12.1. The van der Waals surface area contributed by atoms with Gasteiger partial charge in [0.15, 0.2) is 0 Å². The van der Waals surface area contributed by atoms with Gasteiger partial charge in [-0.05, 0) is 23.8 Å². The maximum absolute atomic E-state index is 11.2. The Labute approximate surface area is 111 Å². The second-order valence-corrected chi connectivity index (χ2v) is 4.41. The number of rotatable bonds is 4. The van der Waals surface area contributed by atoms with Gasteiger partial charge in [-0.2, -0.15) is 0 Å². The molecular weight excluding hydrogens is 248 g/mol. The minimum Gasteiger partial charge on any atom is -0.370 e. The first-order chi connectivity index (χ1) is 8.68. The number of hydrogen-bond donors (Lipinski definition) is 1. The SMILES string of the molecule is NC(=O)CC(c1ccccn1)c1ccccc1Cl. The standard InChI is InChI=1S/C14H13ClN2O/c15-12-6-2-1-5-10(12)11(9-14(16)18)13-7-3-4-8-17-13/h1-8,11H,9H2,(H2,16,18). The predicted octanol–water partition coefficient (Wildman–Crippen LogP) is 2.74. The first kappa shape index (κ1) is 12.6. The van der Waals surface area contributed by atoms with Gasteiger partial charge in [-0.15, -0.1) is 0 Å². The third-order valence-corrected chi connectivity index (χ3v) is 3.07. The average molecular weight is 261 g/mol. The molecule has 92 valence electrons. The Kier molecular flexibility index (Phi) is 3.95. The van der Waals surface area contributed by atoms with Crippen LogP contribution in [0.3, 0.4) is 0 Å². The van der Waals surface area contributed by atoms with E-state index in [1.165, 1.54) is 0 Å². The van der Waals surface area contributed by atoms with Crippen LogP contribution in [0.15, 0.2) is 48.7 Å². The van der Waals surface area contributed by atoms with Crippen LogP contribution >= 0.6 is 11.6 Å². The Morgan fingerprint density at radius 1 is 1.22 bits per heavy atom. The second-order valence-electron chi connectivity index (χ2n) is 4.00. The summed E-state index contributed by atoms with van der Waals surface area (Å²) in [7, 11) is 0. The Bertz CT molecular complexity index is 543. The van der Waals surface area contributed by atoms with Crippen molar-refractivity contribution in [2.45, 2.75) is 12.3 Å². The van der Waals surface area contributed by atoms with Crippen LogP contribution in [0.2, 0.25) is 5.02 Å². The molecule has 1 unspecified atom stereocenters. The van der Waals surface area contributed by atoms with Gasteiger partial charge >= 0.3 is 0 Å². The highest BCUT2D eigenvalue weighted by Crippen LogP contribution is 2.31. The van der Waals surface area contributed by atoms with Gasteiger partial charge in [-0.3, -0.25) is 9.78 Å². The third-order valence-electron chi connectivity index (χ3n) is 2.73. The van der Waals surface area contributed by atoms with Crippen LogP contribution in [0.4, 0.5) is 0 Å². The lowest BCUT2D eigenvalue weighted by atomic mass is 9.91. The zero-order valence-corrected chi connectivity index (χ0v) is 10.5. The molecule has 0 fully saturated rings. The fourth-order valence-electron chi connectivity index (χ4n) is 1.91. The number of pyridine rings is 1. The number of aromatic nitrogens is 1. The number of benzene rings is 1. The molecule has 4 heteroatoms. The van der Waals surface area contributed by atoms with Crippen LogP contribution in [0.25, 0.3) is 0 Å². The Morgan fingerprint density at radius 3 is 2.56 bits per heavy atom.